The number of aromatic nitrogens is 1. The quantitative estimate of drug-likeness (QED) is 0.482. The number of nitriles is 1. The zero-order chi connectivity index (χ0) is 18.4. The fourth-order valence-electron chi connectivity index (χ4n) is 1.76. The monoisotopic (exact) mass is 366 g/mol. The number of halogens is 4. The number of hydrogen-bond acceptors (Lipinski definition) is 4. The Labute approximate surface area is 145 Å². The van der Waals surface area contributed by atoms with Crippen molar-refractivity contribution < 1.29 is 18.0 Å². The molecule has 2 N–H and O–H groups in total. The lowest BCUT2D eigenvalue weighted by Gasteiger charge is -2.09. The Morgan fingerprint density at radius 3 is 2.68 bits per heavy atom. The molecule has 0 unspecified atom stereocenters. The summed E-state index contributed by atoms with van der Waals surface area (Å²) in [4.78, 5) is 15.9. The zero-order valence-electron chi connectivity index (χ0n) is 12.4. The molecule has 0 aliphatic heterocycles. The molecule has 1 amide bonds. The molecule has 0 saturated carbocycles. The van der Waals surface area contributed by atoms with Gasteiger partial charge >= 0.3 is 6.18 Å². The van der Waals surface area contributed by atoms with Gasteiger partial charge in [0.05, 0.1) is 11.3 Å². The van der Waals surface area contributed by atoms with Crippen LogP contribution in [0.2, 0.25) is 5.15 Å². The summed E-state index contributed by atoms with van der Waals surface area (Å²) < 4.78 is 38.0. The Hall–Kier alpha value is -3.05. The van der Waals surface area contributed by atoms with Crippen LogP contribution in [-0.4, -0.2) is 10.9 Å². The van der Waals surface area contributed by atoms with Gasteiger partial charge in [-0.15, -0.1) is 0 Å². The van der Waals surface area contributed by atoms with Gasteiger partial charge in [0.15, 0.2) is 5.15 Å². The number of rotatable bonds is 4. The van der Waals surface area contributed by atoms with Crippen LogP contribution in [0.3, 0.4) is 0 Å². The van der Waals surface area contributed by atoms with Gasteiger partial charge in [-0.1, -0.05) is 17.7 Å². The number of nitrogens with one attached hydrogen (secondary N) is 2. The van der Waals surface area contributed by atoms with E-state index >= 15 is 0 Å². The summed E-state index contributed by atoms with van der Waals surface area (Å²) in [6.45, 7) is 0. The van der Waals surface area contributed by atoms with E-state index in [4.69, 9.17) is 16.9 Å². The van der Waals surface area contributed by atoms with Crippen molar-refractivity contribution in [3.8, 4) is 6.07 Å². The third-order valence-electron chi connectivity index (χ3n) is 2.94. The Morgan fingerprint density at radius 2 is 2.04 bits per heavy atom. The maximum atomic E-state index is 12.7. The zero-order valence-corrected chi connectivity index (χ0v) is 13.2. The number of carbonyl (C=O) groups is 1. The van der Waals surface area contributed by atoms with Crippen LogP contribution in [0.1, 0.15) is 5.56 Å². The SMILES string of the molecule is N#C/C(=C/Nc1cccnc1Cl)C(=O)Nc1cccc(C(F)(F)F)c1. The third kappa shape index (κ3) is 4.96. The molecule has 0 atom stereocenters. The molecule has 2 rings (SSSR count). The summed E-state index contributed by atoms with van der Waals surface area (Å²) in [7, 11) is 0. The van der Waals surface area contributed by atoms with Gasteiger partial charge in [0.25, 0.3) is 5.91 Å². The topological polar surface area (TPSA) is 77.8 Å². The van der Waals surface area contributed by atoms with Gasteiger partial charge in [-0.05, 0) is 30.3 Å². The number of anilines is 2. The van der Waals surface area contributed by atoms with Crippen LogP contribution < -0.4 is 10.6 Å². The number of alkyl halides is 3. The van der Waals surface area contributed by atoms with E-state index in [1.54, 1.807) is 18.2 Å². The lowest BCUT2D eigenvalue weighted by molar-refractivity contribution is -0.137. The predicted octanol–water partition coefficient (Wildman–Crippen LogP) is 4.21. The molecule has 0 aliphatic rings. The van der Waals surface area contributed by atoms with E-state index in [-0.39, 0.29) is 16.4 Å². The first-order valence-electron chi connectivity index (χ1n) is 6.77. The van der Waals surface area contributed by atoms with Crippen molar-refractivity contribution >= 4 is 28.9 Å². The molecule has 1 aromatic carbocycles. The Morgan fingerprint density at radius 1 is 1.28 bits per heavy atom. The second-order valence-electron chi connectivity index (χ2n) is 4.69. The van der Waals surface area contributed by atoms with Crippen molar-refractivity contribution in [1.29, 1.82) is 5.26 Å². The van der Waals surface area contributed by atoms with Crippen LogP contribution in [0.15, 0.2) is 54.4 Å². The van der Waals surface area contributed by atoms with E-state index in [0.29, 0.717) is 5.69 Å². The largest absolute Gasteiger partial charge is 0.416 e. The van der Waals surface area contributed by atoms with Crippen molar-refractivity contribution in [2.24, 2.45) is 0 Å². The molecule has 0 bridgehead atoms. The summed E-state index contributed by atoms with van der Waals surface area (Å²) in [5, 5.41) is 14.1. The molecule has 25 heavy (non-hydrogen) atoms. The molecule has 0 spiro atoms. The lowest BCUT2D eigenvalue weighted by Crippen LogP contribution is -2.15. The normalized spacial score (nSPS) is 11.6. The maximum absolute atomic E-state index is 12.7. The molecule has 1 aromatic heterocycles. The number of amides is 1. The smallest absolute Gasteiger partial charge is 0.358 e. The average Bonchev–Trinajstić information content (AvgIpc) is 2.56. The summed E-state index contributed by atoms with van der Waals surface area (Å²) in [6.07, 6.45) is -1.98. The second-order valence-corrected chi connectivity index (χ2v) is 5.05. The molecule has 0 saturated heterocycles. The number of nitrogens with zero attached hydrogens (tertiary/aromatic N) is 2. The maximum Gasteiger partial charge on any atom is 0.416 e. The molecular weight excluding hydrogens is 357 g/mol. The summed E-state index contributed by atoms with van der Waals surface area (Å²) in [6, 6.07) is 8.92. The predicted molar refractivity (Wildman–Crippen MR) is 86.6 cm³/mol. The Balaban J connectivity index is 2.14. The highest BCUT2D eigenvalue weighted by molar-refractivity contribution is 6.32. The fraction of sp³-hybridized carbons (Fsp3) is 0.0625. The second kappa shape index (κ2) is 7.68. The Bertz CT molecular complexity index is 859. The van der Waals surface area contributed by atoms with Crippen LogP contribution in [0.4, 0.5) is 24.5 Å². The first kappa shape index (κ1) is 18.3. The molecule has 0 radical (unpaired) electrons. The summed E-state index contributed by atoms with van der Waals surface area (Å²) >= 11 is 5.83. The van der Waals surface area contributed by atoms with Crippen molar-refractivity contribution in [2.75, 3.05) is 10.6 Å². The van der Waals surface area contributed by atoms with E-state index in [0.717, 1.165) is 24.4 Å². The third-order valence-corrected chi connectivity index (χ3v) is 3.25. The van der Waals surface area contributed by atoms with Crippen LogP contribution in [0, 0.1) is 11.3 Å². The van der Waals surface area contributed by atoms with Gasteiger partial charge in [-0.2, -0.15) is 18.4 Å². The number of hydrogen-bond donors (Lipinski definition) is 2. The van der Waals surface area contributed by atoms with Crippen molar-refractivity contribution in [1.82, 2.24) is 4.98 Å². The summed E-state index contributed by atoms with van der Waals surface area (Å²) in [5.41, 5.74) is -0.977. The van der Waals surface area contributed by atoms with Gasteiger partial charge < -0.3 is 10.6 Å². The molecule has 0 aliphatic carbocycles. The molecule has 1 heterocycles. The van der Waals surface area contributed by atoms with Gasteiger partial charge in [-0.3, -0.25) is 4.79 Å². The molecule has 2 aromatic rings. The van der Waals surface area contributed by atoms with Crippen LogP contribution in [0.5, 0.6) is 0 Å². The molecular formula is C16H10ClF3N4O. The highest BCUT2D eigenvalue weighted by atomic mass is 35.5. The fourth-order valence-corrected chi connectivity index (χ4v) is 1.94. The highest BCUT2D eigenvalue weighted by Gasteiger charge is 2.30. The van der Waals surface area contributed by atoms with E-state index in [1.165, 1.54) is 12.3 Å². The average molecular weight is 367 g/mol. The summed E-state index contributed by atoms with van der Waals surface area (Å²) in [5.74, 6) is -0.866. The first-order valence-corrected chi connectivity index (χ1v) is 7.15. The minimum Gasteiger partial charge on any atom is -0.358 e. The van der Waals surface area contributed by atoms with Crippen molar-refractivity contribution in [3.05, 3.63) is 65.1 Å². The molecule has 5 nitrogen and oxygen atoms in total. The molecule has 9 heteroatoms. The van der Waals surface area contributed by atoms with Crippen LogP contribution in [-0.2, 0) is 11.0 Å². The van der Waals surface area contributed by atoms with Gasteiger partial charge in [-0.25, -0.2) is 4.98 Å². The minimum absolute atomic E-state index is 0.0830. The first-order chi connectivity index (χ1) is 11.8. The van der Waals surface area contributed by atoms with E-state index in [9.17, 15) is 18.0 Å². The highest BCUT2D eigenvalue weighted by Crippen LogP contribution is 2.30. The van der Waals surface area contributed by atoms with Gasteiger partial charge in [0, 0.05) is 18.1 Å². The van der Waals surface area contributed by atoms with E-state index in [1.807, 2.05) is 0 Å². The van der Waals surface area contributed by atoms with E-state index < -0.39 is 17.6 Å². The number of benzene rings is 1. The number of carbonyl (C=O) groups excluding carboxylic acids is 1. The Kier molecular flexibility index (Phi) is 5.62. The standard InChI is InChI=1S/C16H10ClF3N4O/c17-14-13(5-2-6-22-14)23-9-10(8-21)15(25)24-12-4-1-3-11(7-12)16(18,19)20/h1-7,9,23H,(H,24,25)/b10-9-. The van der Waals surface area contributed by atoms with E-state index in [2.05, 4.69) is 15.6 Å². The van der Waals surface area contributed by atoms with Crippen LogP contribution >= 0.6 is 11.6 Å². The van der Waals surface area contributed by atoms with Gasteiger partial charge in [0.1, 0.15) is 11.6 Å². The molecule has 128 valence electrons. The minimum atomic E-state index is -4.53. The van der Waals surface area contributed by atoms with Crippen molar-refractivity contribution in [2.45, 2.75) is 6.18 Å². The lowest BCUT2D eigenvalue weighted by atomic mass is 10.2. The number of pyridine rings is 1. The van der Waals surface area contributed by atoms with Crippen molar-refractivity contribution in [3.63, 3.8) is 0 Å². The van der Waals surface area contributed by atoms with Gasteiger partial charge in [0.2, 0.25) is 0 Å². The van der Waals surface area contributed by atoms with Crippen LogP contribution in [0.25, 0.3) is 0 Å². The molecule has 0 fully saturated rings.